The molecule has 1 fully saturated rings. The molecule has 1 saturated heterocycles. The second kappa shape index (κ2) is 6.82. The van der Waals surface area contributed by atoms with E-state index >= 15 is 0 Å². The van der Waals surface area contributed by atoms with Gasteiger partial charge in [-0.15, -0.1) is 0 Å². The SMILES string of the molecule is Cc1cc(C)n(-c2cc(N3CCN(c4nccn(C)c4=O)CC3)ncn2)n1. The highest BCUT2D eigenvalue weighted by Crippen LogP contribution is 2.18. The van der Waals surface area contributed by atoms with Crippen LogP contribution in [-0.4, -0.2) is 55.5 Å². The first-order valence-electron chi connectivity index (χ1n) is 8.90. The summed E-state index contributed by atoms with van der Waals surface area (Å²) in [4.78, 5) is 29.5. The maximum absolute atomic E-state index is 12.3. The molecule has 9 heteroatoms. The van der Waals surface area contributed by atoms with Gasteiger partial charge < -0.3 is 14.4 Å². The lowest BCUT2D eigenvalue weighted by molar-refractivity contribution is 0.632. The number of nitrogens with zero attached hydrogens (tertiary/aromatic N) is 8. The van der Waals surface area contributed by atoms with Crippen LogP contribution in [0.2, 0.25) is 0 Å². The van der Waals surface area contributed by atoms with Crippen LogP contribution in [0.4, 0.5) is 11.6 Å². The quantitative estimate of drug-likeness (QED) is 0.674. The van der Waals surface area contributed by atoms with Crippen molar-refractivity contribution >= 4 is 11.6 Å². The zero-order chi connectivity index (χ0) is 19.0. The maximum Gasteiger partial charge on any atom is 0.293 e. The Hall–Kier alpha value is -3.23. The van der Waals surface area contributed by atoms with E-state index in [0.29, 0.717) is 18.9 Å². The standard InChI is InChI=1S/C18H22N8O/c1-13-10-14(2)26(22-13)16-11-15(20-12-21-16)24-6-8-25(9-7-24)17-18(27)23(3)5-4-19-17/h4-5,10-12H,6-9H2,1-3H3. The summed E-state index contributed by atoms with van der Waals surface area (Å²) in [5, 5.41) is 4.49. The van der Waals surface area contributed by atoms with Gasteiger partial charge in [0.15, 0.2) is 11.6 Å². The summed E-state index contributed by atoms with van der Waals surface area (Å²) in [6.45, 7) is 6.91. The third-order valence-electron chi connectivity index (χ3n) is 4.77. The third kappa shape index (κ3) is 3.27. The summed E-state index contributed by atoms with van der Waals surface area (Å²) in [7, 11) is 1.74. The van der Waals surface area contributed by atoms with E-state index < -0.39 is 0 Å². The normalized spacial score (nSPS) is 14.6. The molecule has 0 N–H and O–H groups in total. The lowest BCUT2D eigenvalue weighted by Gasteiger charge is -2.35. The van der Waals surface area contributed by atoms with Gasteiger partial charge >= 0.3 is 0 Å². The highest BCUT2D eigenvalue weighted by Gasteiger charge is 2.22. The molecule has 0 amide bonds. The fourth-order valence-corrected chi connectivity index (χ4v) is 3.34. The summed E-state index contributed by atoms with van der Waals surface area (Å²) in [6.07, 6.45) is 4.90. The Kier molecular flexibility index (Phi) is 4.35. The second-order valence-corrected chi connectivity index (χ2v) is 6.71. The Morgan fingerprint density at radius 3 is 2.33 bits per heavy atom. The van der Waals surface area contributed by atoms with Gasteiger partial charge in [-0.05, 0) is 19.9 Å². The summed E-state index contributed by atoms with van der Waals surface area (Å²) >= 11 is 0. The van der Waals surface area contributed by atoms with Gasteiger partial charge in [0.2, 0.25) is 0 Å². The zero-order valence-corrected chi connectivity index (χ0v) is 15.7. The number of hydrogen-bond donors (Lipinski definition) is 0. The van der Waals surface area contributed by atoms with E-state index in [1.165, 1.54) is 0 Å². The van der Waals surface area contributed by atoms with Gasteiger partial charge in [0.25, 0.3) is 5.56 Å². The lowest BCUT2D eigenvalue weighted by Crippen LogP contribution is -2.49. The topological polar surface area (TPSA) is 85.0 Å². The molecule has 4 rings (SSSR count). The van der Waals surface area contributed by atoms with Crippen LogP contribution in [0, 0.1) is 13.8 Å². The van der Waals surface area contributed by atoms with Crippen molar-refractivity contribution in [2.75, 3.05) is 36.0 Å². The maximum atomic E-state index is 12.3. The van der Waals surface area contributed by atoms with E-state index in [9.17, 15) is 4.79 Å². The average molecular weight is 366 g/mol. The Labute approximate surface area is 156 Å². The molecule has 0 atom stereocenters. The molecular formula is C18H22N8O. The molecule has 3 aromatic heterocycles. The van der Waals surface area contributed by atoms with Gasteiger partial charge in [-0.3, -0.25) is 4.79 Å². The molecule has 0 radical (unpaired) electrons. The molecule has 140 valence electrons. The van der Waals surface area contributed by atoms with E-state index in [2.05, 4.69) is 25.0 Å². The van der Waals surface area contributed by atoms with E-state index in [4.69, 9.17) is 0 Å². The molecule has 9 nitrogen and oxygen atoms in total. The number of piperazine rings is 1. The third-order valence-corrected chi connectivity index (χ3v) is 4.77. The van der Waals surface area contributed by atoms with Crippen molar-refractivity contribution in [3.63, 3.8) is 0 Å². The Morgan fingerprint density at radius 2 is 1.63 bits per heavy atom. The number of aryl methyl sites for hydroxylation is 3. The van der Waals surface area contributed by atoms with Crippen LogP contribution < -0.4 is 15.4 Å². The summed E-state index contributed by atoms with van der Waals surface area (Å²) in [5.74, 6) is 2.12. The molecule has 0 saturated carbocycles. The van der Waals surface area contributed by atoms with Gasteiger partial charge in [-0.2, -0.15) is 5.10 Å². The highest BCUT2D eigenvalue weighted by molar-refractivity contribution is 5.47. The summed E-state index contributed by atoms with van der Waals surface area (Å²) in [6, 6.07) is 3.98. The molecule has 4 heterocycles. The van der Waals surface area contributed by atoms with Crippen LogP contribution in [0.5, 0.6) is 0 Å². The minimum atomic E-state index is -0.0696. The molecule has 27 heavy (non-hydrogen) atoms. The van der Waals surface area contributed by atoms with Crippen molar-refractivity contribution in [3.8, 4) is 5.82 Å². The molecule has 0 bridgehead atoms. The second-order valence-electron chi connectivity index (χ2n) is 6.71. The minimum Gasteiger partial charge on any atom is -0.353 e. The van der Waals surface area contributed by atoms with Gasteiger partial charge in [0.05, 0.1) is 5.69 Å². The zero-order valence-electron chi connectivity index (χ0n) is 15.7. The van der Waals surface area contributed by atoms with E-state index in [1.807, 2.05) is 35.6 Å². The van der Waals surface area contributed by atoms with Crippen LogP contribution in [0.3, 0.4) is 0 Å². The fourth-order valence-electron chi connectivity index (χ4n) is 3.34. The summed E-state index contributed by atoms with van der Waals surface area (Å²) in [5.41, 5.74) is 1.92. The number of aromatic nitrogens is 6. The molecule has 0 spiro atoms. The molecule has 0 aliphatic carbocycles. The molecule has 1 aliphatic heterocycles. The van der Waals surface area contributed by atoms with Crippen LogP contribution in [-0.2, 0) is 7.05 Å². The van der Waals surface area contributed by atoms with E-state index in [1.54, 1.807) is 30.3 Å². The van der Waals surface area contributed by atoms with Crippen molar-refractivity contribution in [3.05, 3.63) is 52.6 Å². The lowest BCUT2D eigenvalue weighted by atomic mass is 10.3. The number of rotatable bonds is 3. The van der Waals surface area contributed by atoms with Gasteiger partial charge in [-0.25, -0.2) is 19.6 Å². The van der Waals surface area contributed by atoms with E-state index in [-0.39, 0.29) is 5.56 Å². The Morgan fingerprint density at radius 1 is 0.926 bits per heavy atom. The van der Waals surface area contributed by atoms with Crippen molar-refractivity contribution in [1.29, 1.82) is 0 Å². The van der Waals surface area contributed by atoms with Crippen LogP contribution >= 0.6 is 0 Å². The summed E-state index contributed by atoms with van der Waals surface area (Å²) < 4.78 is 3.38. The monoisotopic (exact) mass is 366 g/mol. The first kappa shape index (κ1) is 17.2. The fraction of sp³-hybridized carbons (Fsp3) is 0.389. The molecular weight excluding hydrogens is 344 g/mol. The van der Waals surface area contributed by atoms with Crippen LogP contribution in [0.25, 0.3) is 5.82 Å². The van der Waals surface area contributed by atoms with Crippen molar-refractivity contribution in [2.24, 2.45) is 7.05 Å². The molecule has 0 aromatic carbocycles. The first-order valence-corrected chi connectivity index (χ1v) is 8.90. The van der Waals surface area contributed by atoms with Crippen LogP contribution in [0.15, 0.2) is 35.6 Å². The highest BCUT2D eigenvalue weighted by atomic mass is 16.1. The van der Waals surface area contributed by atoms with Crippen molar-refractivity contribution in [1.82, 2.24) is 29.3 Å². The molecule has 3 aromatic rings. The predicted molar refractivity (Wildman–Crippen MR) is 103 cm³/mol. The minimum absolute atomic E-state index is 0.0696. The van der Waals surface area contributed by atoms with Gasteiger partial charge in [0.1, 0.15) is 12.1 Å². The average Bonchev–Trinajstić information content (AvgIpc) is 3.02. The van der Waals surface area contributed by atoms with Gasteiger partial charge in [-0.1, -0.05) is 0 Å². The number of anilines is 2. The largest absolute Gasteiger partial charge is 0.353 e. The Balaban J connectivity index is 1.52. The van der Waals surface area contributed by atoms with Crippen molar-refractivity contribution in [2.45, 2.75) is 13.8 Å². The van der Waals surface area contributed by atoms with E-state index in [0.717, 1.165) is 36.1 Å². The number of hydrogen-bond acceptors (Lipinski definition) is 7. The smallest absolute Gasteiger partial charge is 0.293 e. The van der Waals surface area contributed by atoms with Crippen molar-refractivity contribution < 1.29 is 0 Å². The Bertz CT molecular complexity index is 1020. The van der Waals surface area contributed by atoms with Gasteiger partial charge in [0, 0.05) is 57.4 Å². The van der Waals surface area contributed by atoms with Crippen LogP contribution in [0.1, 0.15) is 11.4 Å². The molecule has 1 aliphatic rings. The predicted octanol–water partition coefficient (Wildman–Crippen LogP) is 0.699. The first-order chi connectivity index (χ1) is 13.0. The molecule has 0 unspecified atom stereocenters.